The SMILES string of the molecule is Cc1cccc(C)c1CN1CCNCC1(C)C. The smallest absolute Gasteiger partial charge is 0.0281 e. The molecule has 1 N–H and O–H groups in total. The lowest BCUT2D eigenvalue weighted by molar-refractivity contribution is 0.0824. The third-order valence-electron chi connectivity index (χ3n) is 3.97. The number of aryl methyl sites for hydroxylation is 2. The Morgan fingerprint density at radius 1 is 1.24 bits per heavy atom. The largest absolute Gasteiger partial charge is 0.314 e. The molecule has 0 aromatic heterocycles. The van der Waals surface area contributed by atoms with E-state index in [2.05, 4.69) is 56.1 Å². The van der Waals surface area contributed by atoms with Crippen LogP contribution in [0.2, 0.25) is 0 Å². The number of hydrogen-bond donors (Lipinski definition) is 1. The van der Waals surface area contributed by atoms with Crippen LogP contribution in [-0.4, -0.2) is 30.1 Å². The van der Waals surface area contributed by atoms with Crippen LogP contribution in [0.5, 0.6) is 0 Å². The van der Waals surface area contributed by atoms with Crippen molar-refractivity contribution >= 4 is 0 Å². The second-order valence-corrected chi connectivity index (χ2v) is 5.78. The molecule has 1 heterocycles. The van der Waals surface area contributed by atoms with E-state index in [1.54, 1.807) is 0 Å². The molecule has 0 atom stereocenters. The van der Waals surface area contributed by atoms with Crippen LogP contribution in [0.3, 0.4) is 0 Å². The van der Waals surface area contributed by atoms with Crippen molar-refractivity contribution in [1.29, 1.82) is 0 Å². The molecule has 2 heteroatoms. The maximum Gasteiger partial charge on any atom is 0.0281 e. The van der Waals surface area contributed by atoms with Crippen LogP contribution in [0.4, 0.5) is 0 Å². The molecule has 2 rings (SSSR count). The Morgan fingerprint density at radius 3 is 2.47 bits per heavy atom. The summed E-state index contributed by atoms with van der Waals surface area (Å²) < 4.78 is 0. The van der Waals surface area contributed by atoms with Crippen molar-refractivity contribution in [3.8, 4) is 0 Å². The second kappa shape index (κ2) is 4.79. The molecule has 1 fully saturated rings. The van der Waals surface area contributed by atoms with Crippen molar-refractivity contribution in [3.63, 3.8) is 0 Å². The Labute approximate surface area is 105 Å². The van der Waals surface area contributed by atoms with Crippen LogP contribution in [0.25, 0.3) is 0 Å². The number of nitrogens with one attached hydrogen (secondary N) is 1. The molecular weight excluding hydrogens is 208 g/mol. The summed E-state index contributed by atoms with van der Waals surface area (Å²) in [5.41, 5.74) is 4.59. The summed E-state index contributed by atoms with van der Waals surface area (Å²) in [4.78, 5) is 2.60. The predicted octanol–water partition coefficient (Wildman–Crippen LogP) is 2.49. The van der Waals surface area contributed by atoms with E-state index < -0.39 is 0 Å². The van der Waals surface area contributed by atoms with Crippen LogP contribution in [0, 0.1) is 13.8 Å². The Hall–Kier alpha value is -0.860. The van der Waals surface area contributed by atoms with Crippen LogP contribution < -0.4 is 5.32 Å². The van der Waals surface area contributed by atoms with Crippen LogP contribution in [0.1, 0.15) is 30.5 Å². The van der Waals surface area contributed by atoms with E-state index in [1.165, 1.54) is 16.7 Å². The predicted molar refractivity (Wildman–Crippen MR) is 73.3 cm³/mol. The van der Waals surface area contributed by atoms with E-state index in [0.29, 0.717) is 0 Å². The molecule has 1 aliphatic heterocycles. The van der Waals surface area contributed by atoms with Gasteiger partial charge in [-0.1, -0.05) is 18.2 Å². The maximum atomic E-state index is 3.48. The molecule has 94 valence electrons. The highest BCUT2D eigenvalue weighted by atomic mass is 15.2. The summed E-state index contributed by atoms with van der Waals surface area (Å²) >= 11 is 0. The van der Waals surface area contributed by atoms with Gasteiger partial charge in [-0.15, -0.1) is 0 Å². The molecule has 1 aromatic carbocycles. The highest BCUT2D eigenvalue weighted by molar-refractivity contribution is 5.33. The second-order valence-electron chi connectivity index (χ2n) is 5.78. The van der Waals surface area contributed by atoms with E-state index in [4.69, 9.17) is 0 Å². The standard InChI is InChI=1S/C15H24N2/c1-12-6-5-7-13(2)14(12)10-17-9-8-16-11-15(17,3)4/h5-7,16H,8-11H2,1-4H3. The van der Waals surface area contributed by atoms with E-state index in [1.807, 2.05) is 0 Å². The van der Waals surface area contributed by atoms with Crippen molar-refractivity contribution in [3.05, 3.63) is 34.9 Å². The van der Waals surface area contributed by atoms with Gasteiger partial charge in [0.05, 0.1) is 0 Å². The van der Waals surface area contributed by atoms with Gasteiger partial charge in [0.25, 0.3) is 0 Å². The highest BCUT2D eigenvalue weighted by Gasteiger charge is 2.29. The summed E-state index contributed by atoms with van der Waals surface area (Å²) in [6.07, 6.45) is 0. The van der Waals surface area contributed by atoms with Gasteiger partial charge >= 0.3 is 0 Å². The van der Waals surface area contributed by atoms with Crippen LogP contribution >= 0.6 is 0 Å². The fraction of sp³-hybridized carbons (Fsp3) is 0.600. The molecule has 17 heavy (non-hydrogen) atoms. The van der Waals surface area contributed by atoms with Crippen molar-refractivity contribution < 1.29 is 0 Å². The molecule has 1 aliphatic rings. The van der Waals surface area contributed by atoms with Gasteiger partial charge in [0.15, 0.2) is 0 Å². The first-order valence-corrected chi connectivity index (χ1v) is 6.51. The first-order valence-electron chi connectivity index (χ1n) is 6.51. The number of rotatable bonds is 2. The van der Waals surface area contributed by atoms with E-state index >= 15 is 0 Å². The van der Waals surface area contributed by atoms with Crippen LogP contribution in [-0.2, 0) is 6.54 Å². The number of benzene rings is 1. The quantitative estimate of drug-likeness (QED) is 0.843. The normalized spacial score (nSPS) is 20.5. The lowest BCUT2D eigenvalue weighted by atomic mass is 9.96. The monoisotopic (exact) mass is 232 g/mol. The highest BCUT2D eigenvalue weighted by Crippen LogP contribution is 2.22. The van der Waals surface area contributed by atoms with Gasteiger partial charge in [-0.25, -0.2) is 0 Å². The Balaban J connectivity index is 2.20. The van der Waals surface area contributed by atoms with Crippen LogP contribution in [0.15, 0.2) is 18.2 Å². The lowest BCUT2D eigenvalue weighted by Gasteiger charge is -2.43. The van der Waals surface area contributed by atoms with Gasteiger partial charge in [-0.05, 0) is 44.4 Å². The number of piperazine rings is 1. The Bertz CT molecular complexity index is 376. The molecule has 0 bridgehead atoms. The van der Waals surface area contributed by atoms with Gasteiger partial charge in [-0.2, -0.15) is 0 Å². The molecule has 2 nitrogen and oxygen atoms in total. The van der Waals surface area contributed by atoms with Crippen molar-refractivity contribution in [2.24, 2.45) is 0 Å². The lowest BCUT2D eigenvalue weighted by Crippen LogP contribution is -2.57. The van der Waals surface area contributed by atoms with Crippen molar-refractivity contribution in [1.82, 2.24) is 10.2 Å². The van der Waals surface area contributed by atoms with Crippen molar-refractivity contribution in [2.45, 2.75) is 39.8 Å². The average Bonchev–Trinajstić information content (AvgIpc) is 2.25. The maximum absolute atomic E-state index is 3.48. The summed E-state index contributed by atoms with van der Waals surface area (Å²) in [5, 5.41) is 3.48. The third kappa shape index (κ3) is 2.70. The molecule has 0 aliphatic carbocycles. The first kappa shape index (κ1) is 12.6. The Morgan fingerprint density at radius 2 is 1.88 bits per heavy atom. The van der Waals surface area contributed by atoms with E-state index in [-0.39, 0.29) is 5.54 Å². The molecular formula is C15H24N2. The minimum absolute atomic E-state index is 0.257. The van der Waals surface area contributed by atoms with Crippen molar-refractivity contribution in [2.75, 3.05) is 19.6 Å². The first-order chi connectivity index (χ1) is 8.00. The average molecular weight is 232 g/mol. The van der Waals surface area contributed by atoms with Gasteiger partial charge < -0.3 is 5.32 Å². The number of nitrogens with zero attached hydrogens (tertiary/aromatic N) is 1. The molecule has 1 aromatic rings. The minimum Gasteiger partial charge on any atom is -0.314 e. The molecule has 0 saturated carbocycles. The van der Waals surface area contributed by atoms with Gasteiger partial charge in [-0.3, -0.25) is 4.90 Å². The topological polar surface area (TPSA) is 15.3 Å². The third-order valence-corrected chi connectivity index (χ3v) is 3.97. The summed E-state index contributed by atoms with van der Waals surface area (Å²) in [6.45, 7) is 13.5. The van der Waals surface area contributed by atoms with Gasteiger partial charge in [0.1, 0.15) is 0 Å². The number of hydrogen-bond acceptors (Lipinski definition) is 2. The Kier molecular flexibility index (Phi) is 3.55. The van der Waals surface area contributed by atoms with Gasteiger partial charge in [0, 0.05) is 31.7 Å². The summed E-state index contributed by atoms with van der Waals surface area (Å²) in [6, 6.07) is 6.59. The molecule has 0 unspecified atom stereocenters. The molecule has 1 saturated heterocycles. The minimum atomic E-state index is 0.257. The zero-order chi connectivity index (χ0) is 12.5. The summed E-state index contributed by atoms with van der Waals surface area (Å²) in [5.74, 6) is 0. The summed E-state index contributed by atoms with van der Waals surface area (Å²) in [7, 11) is 0. The fourth-order valence-electron chi connectivity index (χ4n) is 2.61. The van der Waals surface area contributed by atoms with E-state index in [9.17, 15) is 0 Å². The molecule has 0 radical (unpaired) electrons. The van der Waals surface area contributed by atoms with Gasteiger partial charge in [0.2, 0.25) is 0 Å². The molecule has 0 spiro atoms. The fourth-order valence-corrected chi connectivity index (χ4v) is 2.61. The molecule has 0 amide bonds. The zero-order valence-corrected chi connectivity index (χ0v) is 11.5. The zero-order valence-electron chi connectivity index (χ0n) is 11.5. The van der Waals surface area contributed by atoms with E-state index in [0.717, 1.165) is 26.2 Å².